The molecule has 2 rings (SSSR count). The molecule has 0 aliphatic carbocycles. The van der Waals surface area contributed by atoms with Crippen LogP contribution in [0.15, 0.2) is 24.3 Å². The van der Waals surface area contributed by atoms with Crippen molar-refractivity contribution < 1.29 is 4.79 Å². The molecule has 3 unspecified atom stereocenters. The number of carbonyl (C=O) groups excluding carboxylic acids is 1. The summed E-state index contributed by atoms with van der Waals surface area (Å²) in [5.74, 6) is 1.18. The lowest BCUT2D eigenvalue weighted by Gasteiger charge is -2.35. The maximum absolute atomic E-state index is 12.5. The van der Waals surface area contributed by atoms with E-state index in [1.54, 1.807) is 0 Å². The summed E-state index contributed by atoms with van der Waals surface area (Å²) < 4.78 is 0. The average Bonchev–Trinajstić information content (AvgIpc) is 2.47. The van der Waals surface area contributed by atoms with Crippen LogP contribution in [0.1, 0.15) is 37.4 Å². The van der Waals surface area contributed by atoms with Crippen LogP contribution in [-0.2, 0) is 0 Å². The molecule has 1 N–H and O–H groups in total. The largest absolute Gasteiger partial charge is 0.336 e. The number of amides is 2. The van der Waals surface area contributed by atoms with Crippen LogP contribution < -0.4 is 5.32 Å². The molecule has 128 valence electrons. The van der Waals surface area contributed by atoms with Gasteiger partial charge < -0.3 is 15.1 Å². The topological polar surface area (TPSA) is 35.6 Å². The predicted octanol–water partition coefficient (Wildman–Crippen LogP) is 3.29. The maximum atomic E-state index is 12.5. The van der Waals surface area contributed by atoms with E-state index in [0.29, 0.717) is 18.4 Å². The minimum Gasteiger partial charge on any atom is -0.336 e. The Bertz CT molecular complexity index is 502. The van der Waals surface area contributed by atoms with E-state index in [2.05, 4.69) is 69.3 Å². The SMILES string of the molecule is Cc1ccc(C(CNC(=O)N2CC(C)CC(C)C2)N(C)C)cc1. The third-order valence-corrected chi connectivity index (χ3v) is 4.69. The Morgan fingerprint density at radius 1 is 1.22 bits per heavy atom. The summed E-state index contributed by atoms with van der Waals surface area (Å²) in [6.07, 6.45) is 1.22. The van der Waals surface area contributed by atoms with E-state index in [1.807, 2.05) is 4.90 Å². The molecule has 1 saturated heterocycles. The molecule has 1 aliphatic rings. The first-order valence-electron chi connectivity index (χ1n) is 8.62. The molecule has 1 aromatic carbocycles. The second-order valence-corrected chi connectivity index (χ2v) is 7.43. The smallest absolute Gasteiger partial charge is 0.317 e. The van der Waals surface area contributed by atoms with E-state index >= 15 is 0 Å². The van der Waals surface area contributed by atoms with Gasteiger partial charge in [0.1, 0.15) is 0 Å². The zero-order valence-corrected chi connectivity index (χ0v) is 15.2. The molecule has 0 bridgehead atoms. The Morgan fingerprint density at radius 2 is 1.78 bits per heavy atom. The molecule has 4 heteroatoms. The predicted molar refractivity (Wildman–Crippen MR) is 95.5 cm³/mol. The quantitative estimate of drug-likeness (QED) is 0.925. The second kappa shape index (κ2) is 7.82. The fourth-order valence-electron chi connectivity index (χ4n) is 3.51. The number of urea groups is 1. The normalized spacial score (nSPS) is 23.0. The Labute approximate surface area is 140 Å². The van der Waals surface area contributed by atoms with Gasteiger partial charge in [-0.1, -0.05) is 43.7 Å². The van der Waals surface area contributed by atoms with Crippen LogP contribution in [0.3, 0.4) is 0 Å². The van der Waals surface area contributed by atoms with Crippen molar-refractivity contribution in [1.82, 2.24) is 15.1 Å². The first-order valence-corrected chi connectivity index (χ1v) is 8.62. The van der Waals surface area contributed by atoms with Crippen molar-refractivity contribution in [2.45, 2.75) is 33.2 Å². The zero-order valence-electron chi connectivity index (χ0n) is 15.2. The van der Waals surface area contributed by atoms with E-state index in [4.69, 9.17) is 0 Å². The fourth-order valence-corrected chi connectivity index (χ4v) is 3.51. The summed E-state index contributed by atoms with van der Waals surface area (Å²) in [4.78, 5) is 16.6. The van der Waals surface area contributed by atoms with E-state index < -0.39 is 0 Å². The number of aryl methyl sites for hydroxylation is 1. The Balaban J connectivity index is 1.96. The molecule has 4 nitrogen and oxygen atoms in total. The number of hydrogen-bond donors (Lipinski definition) is 1. The standard InChI is InChI=1S/C19H31N3O/c1-14-6-8-17(9-7-14)18(21(4)5)11-20-19(23)22-12-15(2)10-16(3)13-22/h6-9,15-16,18H,10-13H2,1-5H3,(H,20,23). The van der Waals surface area contributed by atoms with Crippen molar-refractivity contribution in [2.24, 2.45) is 11.8 Å². The summed E-state index contributed by atoms with van der Waals surface area (Å²) in [6, 6.07) is 8.82. The van der Waals surface area contributed by atoms with Crippen molar-refractivity contribution in [3.05, 3.63) is 35.4 Å². The maximum Gasteiger partial charge on any atom is 0.317 e. The lowest BCUT2D eigenvalue weighted by atomic mass is 9.92. The molecular formula is C19H31N3O. The second-order valence-electron chi connectivity index (χ2n) is 7.43. The first kappa shape index (κ1) is 17.8. The number of likely N-dealkylation sites (tertiary alicyclic amines) is 1. The summed E-state index contributed by atoms with van der Waals surface area (Å²) in [5.41, 5.74) is 2.49. The van der Waals surface area contributed by atoms with Gasteiger partial charge in [0.15, 0.2) is 0 Å². The summed E-state index contributed by atoms with van der Waals surface area (Å²) >= 11 is 0. The molecule has 0 saturated carbocycles. The first-order chi connectivity index (χ1) is 10.9. The van der Waals surface area contributed by atoms with E-state index in [9.17, 15) is 4.79 Å². The van der Waals surface area contributed by atoms with Crippen molar-refractivity contribution in [3.8, 4) is 0 Å². The van der Waals surface area contributed by atoms with Crippen LogP contribution in [0.2, 0.25) is 0 Å². The third kappa shape index (κ3) is 4.96. The van der Waals surface area contributed by atoms with E-state index in [0.717, 1.165) is 13.1 Å². The highest BCUT2D eigenvalue weighted by Crippen LogP contribution is 2.21. The highest BCUT2D eigenvalue weighted by molar-refractivity contribution is 5.74. The van der Waals surface area contributed by atoms with E-state index in [1.165, 1.54) is 17.5 Å². The monoisotopic (exact) mass is 317 g/mol. The third-order valence-electron chi connectivity index (χ3n) is 4.69. The molecule has 1 fully saturated rings. The number of piperidine rings is 1. The van der Waals surface area contributed by atoms with Gasteiger partial charge in [0.25, 0.3) is 0 Å². The van der Waals surface area contributed by atoms with Crippen LogP contribution in [0.5, 0.6) is 0 Å². The van der Waals surface area contributed by atoms with Crippen LogP contribution in [0.4, 0.5) is 4.79 Å². The summed E-state index contributed by atoms with van der Waals surface area (Å²) in [5, 5.41) is 3.13. The van der Waals surface area contributed by atoms with Gasteiger partial charge in [0.2, 0.25) is 0 Å². The molecule has 1 heterocycles. The van der Waals surface area contributed by atoms with Gasteiger partial charge in [0.05, 0.1) is 6.04 Å². The highest BCUT2D eigenvalue weighted by Gasteiger charge is 2.26. The van der Waals surface area contributed by atoms with Gasteiger partial charge in [-0.05, 0) is 44.8 Å². The number of nitrogens with zero attached hydrogens (tertiary/aromatic N) is 2. The highest BCUT2D eigenvalue weighted by atomic mass is 16.2. The van der Waals surface area contributed by atoms with Crippen molar-refractivity contribution in [3.63, 3.8) is 0 Å². The minimum absolute atomic E-state index is 0.0716. The Morgan fingerprint density at radius 3 is 2.30 bits per heavy atom. The Hall–Kier alpha value is -1.55. The number of benzene rings is 1. The van der Waals surface area contributed by atoms with Gasteiger partial charge >= 0.3 is 6.03 Å². The van der Waals surface area contributed by atoms with Crippen molar-refractivity contribution >= 4 is 6.03 Å². The number of carbonyl (C=O) groups is 1. The summed E-state index contributed by atoms with van der Waals surface area (Å²) in [7, 11) is 4.11. The lowest BCUT2D eigenvalue weighted by molar-refractivity contribution is 0.143. The number of rotatable bonds is 4. The molecular weight excluding hydrogens is 286 g/mol. The van der Waals surface area contributed by atoms with Gasteiger partial charge in [-0.15, -0.1) is 0 Å². The van der Waals surface area contributed by atoms with Gasteiger partial charge in [-0.25, -0.2) is 4.79 Å². The van der Waals surface area contributed by atoms with Crippen LogP contribution in [0.25, 0.3) is 0 Å². The molecule has 0 spiro atoms. The molecule has 23 heavy (non-hydrogen) atoms. The summed E-state index contributed by atoms with van der Waals surface area (Å²) in [6.45, 7) is 8.92. The fraction of sp³-hybridized carbons (Fsp3) is 0.632. The van der Waals surface area contributed by atoms with Gasteiger partial charge in [-0.2, -0.15) is 0 Å². The minimum atomic E-state index is 0.0716. The van der Waals surface area contributed by atoms with Crippen molar-refractivity contribution in [1.29, 1.82) is 0 Å². The average molecular weight is 317 g/mol. The van der Waals surface area contributed by atoms with Gasteiger partial charge in [0, 0.05) is 19.6 Å². The zero-order chi connectivity index (χ0) is 17.0. The number of hydrogen-bond acceptors (Lipinski definition) is 2. The number of nitrogens with one attached hydrogen (secondary N) is 1. The number of likely N-dealkylation sites (N-methyl/N-ethyl adjacent to an activating group) is 1. The molecule has 3 atom stereocenters. The molecule has 0 aromatic heterocycles. The molecule has 0 radical (unpaired) electrons. The lowest BCUT2D eigenvalue weighted by Crippen LogP contribution is -2.48. The van der Waals surface area contributed by atoms with Gasteiger partial charge in [-0.3, -0.25) is 0 Å². The molecule has 2 amide bonds. The van der Waals surface area contributed by atoms with Crippen molar-refractivity contribution in [2.75, 3.05) is 33.7 Å². The molecule has 1 aromatic rings. The van der Waals surface area contributed by atoms with Crippen LogP contribution in [0, 0.1) is 18.8 Å². The van der Waals surface area contributed by atoms with E-state index in [-0.39, 0.29) is 12.1 Å². The van der Waals surface area contributed by atoms with Crippen LogP contribution >= 0.6 is 0 Å². The van der Waals surface area contributed by atoms with Crippen LogP contribution in [-0.4, -0.2) is 49.6 Å². The Kier molecular flexibility index (Phi) is 6.05. The molecule has 1 aliphatic heterocycles.